The molecule has 1 saturated carbocycles. The summed E-state index contributed by atoms with van der Waals surface area (Å²) in [4.78, 5) is 4.57. The highest BCUT2D eigenvalue weighted by Gasteiger charge is 2.38. The summed E-state index contributed by atoms with van der Waals surface area (Å²) >= 11 is 1.67. The Bertz CT molecular complexity index is 524. The lowest BCUT2D eigenvalue weighted by molar-refractivity contribution is -0.0989. The molecule has 19 heavy (non-hydrogen) atoms. The summed E-state index contributed by atoms with van der Waals surface area (Å²) in [6.07, 6.45) is 4.34. The van der Waals surface area contributed by atoms with Gasteiger partial charge in [0.2, 0.25) is 0 Å². The van der Waals surface area contributed by atoms with E-state index in [1.807, 2.05) is 18.2 Å². The molecule has 1 aliphatic carbocycles. The predicted octanol–water partition coefficient (Wildman–Crippen LogP) is 3.16. The molecule has 102 valence electrons. The summed E-state index contributed by atoms with van der Waals surface area (Å²) in [5.41, 5.74) is 0.954. The van der Waals surface area contributed by atoms with E-state index in [9.17, 15) is 5.11 Å². The second-order valence-corrected chi connectivity index (χ2v) is 6.49. The van der Waals surface area contributed by atoms with Gasteiger partial charge in [-0.25, -0.2) is 4.98 Å². The quantitative estimate of drug-likeness (QED) is 0.913. The first kappa shape index (κ1) is 13.0. The molecule has 3 rings (SSSR count). The van der Waals surface area contributed by atoms with Crippen molar-refractivity contribution in [1.82, 2.24) is 4.98 Å². The topological polar surface area (TPSA) is 42.4 Å². The van der Waals surface area contributed by atoms with Crippen LogP contribution in [0.15, 0.2) is 24.3 Å². The summed E-state index contributed by atoms with van der Waals surface area (Å²) in [7, 11) is 1.75. The van der Waals surface area contributed by atoms with E-state index in [0.717, 1.165) is 29.8 Å². The lowest BCUT2D eigenvalue weighted by Crippen LogP contribution is -2.42. The van der Waals surface area contributed by atoms with Crippen LogP contribution in [0.25, 0.3) is 10.2 Å². The van der Waals surface area contributed by atoms with Gasteiger partial charge in [-0.15, -0.1) is 11.3 Å². The largest absolute Gasteiger partial charge is 0.393 e. The Hall–Kier alpha value is -0.970. The van der Waals surface area contributed by atoms with Gasteiger partial charge in [0, 0.05) is 20.0 Å². The SMILES string of the molecule is COC1(CC(O)Cc2nc3ccccc3s2)CCC1. The number of thiazole rings is 1. The van der Waals surface area contributed by atoms with Crippen molar-refractivity contribution >= 4 is 21.6 Å². The van der Waals surface area contributed by atoms with Crippen LogP contribution in [0.2, 0.25) is 0 Å². The molecule has 3 nitrogen and oxygen atoms in total. The van der Waals surface area contributed by atoms with Crippen LogP contribution in [0.1, 0.15) is 30.7 Å². The second-order valence-electron chi connectivity index (χ2n) is 5.38. The number of fused-ring (bicyclic) bond motifs is 1. The van der Waals surface area contributed by atoms with Gasteiger partial charge in [0.25, 0.3) is 0 Å². The molecule has 2 aromatic rings. The van der Waals surface area contributed by atoms with Crippen LogP contribution in [0.3, 0.4) is 0 Å². The normalized spacial score (nSPS) is 19.3. The van der Waals surface area contributed by atoms with Crippen molar-refractivity contribution in [2.45, 2.75) is 43.8 Å². The molecular weight excluding hydrogens is 258 g/mol. The lowest BCUT2D eigenvalue weighted by atomic mass is 9.76. The van der Waals surface area contributed by atoms with Crippen LogP contribution in [-0.2, 0) is 11.2 Å². The van der Waals surface area contributed by atoms with E-state index in [0.29, 0.717) is 6.42 Å². The van der Waals surface area contributed by atoms with Crippen molar-refractivity contribution in [3.63, 3.8) is 0 Å². The highest BCUT2D eigenvalue weighted by molar-refractivity contribution is 7.18. The molecule has 1 N–H and O–H groups in total. The number of aliphatic hydroxyl groups is 1. The lowest BCUT2D eigenvalue weighted by Gasteiger charge is -2.41. The molecule has 0 radical (unpaired) electrons. The van der Waals surface area contributed by atoms with Crippen molar-refractivity contribution in [2.24, 2.45) is 0 Å². The Morgan fingerprint density at radius 2 is 2.21 bits per heavy atom. The number of aromatic nitrogens is 1. The molecule has 1 atom stereocenters. The van der Waals surface area contributed by atoms with Gasteiger partial charge in [0.15, 0.2) is 0 Å². The van der Waals surface area contributed by atoms with Crippen LogP contribution in [-0.4, -0.2) is 28.9 Å². The monoisotopic (exact) mass is 277 g/mol. The predicted molar refractivity (Wildman–Crippen MR) is 77.5 cm³/mol. The summed E-state index contributed by atoms with van der Waals surface area (Å²) in [6, 6.07) is 8.11. The molecular formula is C15H19NO2S. The van der Waals surface area contributed by atoms with Gasteiger partial charge in [-0.1, -0.05) is 12.1 Å². The summed E-state index contributed by atoms with van der Waals surface area (Å²) in [5, 5.41) is 11.3. The molecule has 0 amide bonds. The maximum Gasteiger partial charge on any atom is 0.0964 e. The number of rotatable bonds is 5. The molecule has 4 heteroatoms. The van der Waals surface area contributed by atoms with E-state index in [4.69, 9.17) is 4.74 Å². The summed E-state index contributed by atoms with van der Waals surface area (Å²) in [6.45, 7) is 0. The molecule has 1 aromatic carbocycles. The first-order valence-electron chi connectivity index (χ1n) is 6.78. The van der Waals surface area contributed by atoms with Crippen molar-refractivity contribution in [3.05, 3.63) is 29.3 Å². The second kappa shape index (κ2) is 5.19. The van der Waals surface area contributed by atoms with Gasteiger partial charge in [0.05, 0.1) is 26.9 Å². The minimum Gasteiger partial charge on any atom is -0.393 e. The van der Waals surface area contributed by atoms with E-state index < -0.39 is 0 Å². The zero-order valence-corrected chi connectivity index (χ0v) is 11.9. The molecule has 1 aromatic heterocycles. The van der Waals surface area contributed by atoms with Crippen LogP contribution >= 0.6 is 11.3 Å². The fraction of sp³-hybridized carbons (Fsp3) is 0.533. The van der Waals surface area contributed by atoms with E-state index in [1.165, 1.54) is 11.1 Å². The number of para-hydroxylation sites is 1. The smallest absolute Gasteiger partial charge is 0.0964 e. The molecule has 0 bridgehead atoms. The molecule has 1 aliphatic rings. The average molecular weight is 277 g/mol. The average Bonchev–Trinajstić information content (AvgIpc) is 2.75. The number of methoxy groups -OCH3 is 1. The number of aliphatic hydroxyl groups excluding tert-OH is 1. The third kappa shape index (κ3) is 2.66. The van der Waals surface area contributed by atoms with Crippen molar-refractivity contribution < 1.29 is 9.84 Å². The Morgan fingerprint density at radius 1 is 1.42 bits per heavy atom. The third-order valence-electron chi connectivity index (χ3n) is 4.05. The fourth-order valence-electron chi connectivity index (χ4n) is 2.77. The minimum absolute atomic E-state index is 0.0733. The van der Waals surface area contributed by atoms with Crippen molar-refractivity contribution in [1.29, 1.82) is 0 Å². The number of benzene rings is 1. The molecule has 0 saturated heterocycles. The highest BCUT2D eigenvalue weighted by atomic mass is 32.1. The number of ether oxygens (including phenoxy) is 1. The molecule has 0 aliphatic heterocycles. The van der Waals surface area contributed by atoms with E-state index in [-0.39, 0.29) is 11.7 Å². The van der Waals surface area contributed by atoms with Gasteiger partial charge < -0.3 is 9.84 Å². The highest BCUT2D eigenvalue weighted by Crippen LogP contribution is 2.39. The molecule has 1 unspecified atom stereocenters. The number of nitrogens with zero attached hydrogens (tertiary/aromatic N) is 1. The Kier molecular flexibility index (Phi) is 3.56. The van der Waals surface area contributed by atoms with Crippen LogP contribution in [0.4, 0.5) is 0 Å². The third-order valence-corrected chi connectivity index (χ3v) is 5.11. The zero-order valence-electron chi connectivity index (χ0n) is 11.1. The van der Waals surface area contributed by atoms with E-state index >= 15 is 0 Å². The standard InChI is InChI=1S/C15H19NO2S/c1-18-15(7-4-8-15)10-11(17)9-14-16-12-5-2-3-6-13(12)19-14/h2-3,5-6,11,17H,4,7-10H2,1H3. The summed E-state index contributed by atoms with van der Waals surface area (Å²) in [5.74, 6) is 0. The Balaban J connectivity index is 1.67. The van der Waals surface area contributed by atoms with E-state index in [1.54, 1.807) is 18.4 Å². The maximum absolute atomic E-state index is 10.2. The van der Waals surface area contributed by atoms with Gasteiger partial charge in [-0.2, -0.15) is 0 Å². The summed E-state index contributed by atoms with van der Waals surface area (Å²) < 4.78 is 6.75. The number of hydrogen-bond acceptors (Lipinski definition) is 4. The minimum atomic E-state index is -0.360. The zero-order chi connectivity index (χ0) is 13.3. The van der Waals surface area contributed by atoms with E-state index in [2.05, 4.69) is 11.1 Å². The first-order chi connectivity index (χ1) is 9.21. The van der Waals surface area contributed by atoms with Crippen molar-refractivity contribution in [3.8, 4) is 0 Å². The Morgan fingerprint density at radius 3 is 2.84 bits per heavy atom. The number of hydrogen-bond donors (Lipinski definition) is 1. The van der Waals surface area contributed by atoms with Gasteiger partial charge >= 0.3 is 0 Å². The molecule has 0 spiro atoms. The Labute approximate surface area is 117 Å². The van der Waals surface area contributed by atoms with Crippen LogP contribution in [0.5, 0.6) is 0 Å². The van der Waals surface area contributed by atoms with Gasteiger partial charge in [-0.3, -0.25) is 0 Å². The van der Waals surface area contributed by atoms with Crippen LogP contribution < -0.4 is 0 Å². The van der Waals surface area contributed by atoms with Crippen molar-refractivity contribution in [2.75, 3.05) is 7.11 Å². The molecule has 1 fully saturated rings. The van der Waals surface area contributed by atoms with Gasteiger partial charge in [-0.05, 0) is 31.4 Å². The fourth-order valence-corrected chi connectivity index (χ4v) is 3.81. The maximum atomic E-state index is 10.2. The first-order valence-corrected chi connectivity index (χ1v) is 7.60. The molecule has 1 heterocycles. The van der Waals surface area contributed by atoms with Gasteiger partial charge in [0.1, 0.15) is 0 Å². The van der Waals surface area contributed by atoms with Crippen LogP contribution in [0, 0.1) is 0 Å².